The van der Waals surface area contributed by atoms with Crippen LogP contribution in [0.4, 0.5) is 10.1 Å². The van der Waals surface area contributed by atoms with Gasteiger partial charge in [-0.2, -0.15) is 0 Å². The fourth-order valence-corrected chi connectivity index (χ4v) is 3.09. The van der Waals surface area contributed by atoms with Gasteiger partial charge in [-0.05, 0) is 48.4 Å². The summed E-state index contributed by atoms with van der Waals surface area (Å²) in [6, 6.07) is 13.8. The maximum absolute atomic E-state index is 14.2. The zero-order chi connectivity index (χ0) is 14.7. The first-order chi connectivity index (χ1) is 10.3. The van der Waals surface area contributed by atoms with Crippen LogP contribution in [0, 0.1) is 5.82 Å². The average Bonchev–Trinajstić information content (AvgIpc) is 2.54. The summed E-state index contributed by atoms with van der Waals surface area (Å²) >= 11 is 0. The molecule has 0 saturated heterocycles. The van der Waals surface area contributed by atoms with Gasteiger partial charge in [-0.25, -0.2) is 4.39 Å². The molecular formula is C18H20FNO. The number of ether oxygens (including phenoxy) is 1. The fourth-order valence-electron chi connectivity index (χ4n) is 3.09. The average molecular weight is 285 g/mol. The van der Waals surface area contributed by atoms with E-state index < -0.39 is 0 Å². The lowest BCUT2D eigenvalue weighted by molar-refractivity contribution is 0.383. The number of fused-ring (bicyclic) bond motifs is 1. The Kier molecular flexibility index (Phi) is 4.09. The number of anilines is 1. The van der Waals surface area contributed by atoms with E-state index in [1.807, 2.05) is 12.1 Å². The molecule has 0 aromatic heterocycles. The number of nitrogens with one attached hydrogen (secondary N) is 1. The number of halogens is 1. The highest BCUT2D eigenvalue weighted by Crippen LogP contribution is 2.35. The molecule has 0 aliphatic carbocycles. The van der Waals surface area contributed by atoms with Crippen molar-refractivity contribution in [3.63, 3.8) is 0 Å². The normalized spacial score (nSPS) is 17.0. The van der Waals surface area contributed by atoms with E-state index in [4.69, 9.17) is 4.74 Å². The molecule has 1 heterocycles. The Morgan fingerprint density at radius 2 is 2.05 bits per heavy atom. The van der Waals surface area contributed by atoms with Crippen LogP contribution in [-0.2, 0) is 6.42 Å². The van der Waals surface area contributed by atoms with E-state index >= 15 is 0 Å². The molecule has 1 unspecified atom stereocenters. The lowest BCUT2D eigenvalue weighted by atomic mass is 9.86. The van der Waals surface area contributed by atoms with Crippen molar-refractivity contribution in [2.75, 3.05) is 19.0 Å². The number of aryl methyl sites for hydroxylation is 1. The molecule has 0 bridgehead atoms. The standard InChI is InChI=1S/C18H20FNO/c1-21-17-8-4-5-14(18(17)19)10-9-13-11-12-20-16-7-3-2-6-15(13)16/h2-8,13,20H,9-12H2,1H3. The van der Waals surface area contributed by atoms with E-state index in [1.54, 1.807) is 6.07 Å². The Hall–Kier alpha value is -2.03. The number of hydrogen-bond donors (Lipinski definition) is 1. The Balaban J connectivity index is 1.75. The van der Waals surface area contributed by atoms with E-state index in [1.165, 1.54) is 18.4 Å². The molecular weight excluding hydrogens is 265 g/mol. The van der Waals surface area contributed by atoms with Crippen molar-refractivity contribution in [3.05, 3.63) is 59.4 Å². The van der Waals surface area contributed by atoms with Gasteiger partial charge in [0.2, 0.25) is 0 Å². The molecule has 3 heteroatoms. The third-order valence-corrected chi connectivity index (χ3v) is 4.23. The van der Waals surface area contributed by atoms with Crippen LogP contribution in [-0.4, -0.2) is 13.7 Å². The van der Waals surface area contributed by atoms with Gasteiger partial charge in [0, 0.05) is 12.2 Å². The third kappa shape index (κ3) is 2.87. The number of methoxy groups -OCH3 is 1. The molecule has 0 spiro atoms. The maximum atomic E-state index is 14.2. The second kappa shape index (κ2) is 6.17. The van der Waals surface area contributed by atoms with Crippen molar-refractivity contribution in [3.8, 4) is 5.75 Å². The summed E-state index contributed by atoms with van der Waals surface area (Å²) in [5.74, 6) is 0.605. The maximum Gasteiger partial charge on any atom is 0.168 e. The minimum Gasteiger partial charge on any atom is -0.494 e. The number of hydrogen-bond acceptors (Lipinski definition) is 2. The zero-order valence-corrected chi connectivity index (χ0v) is 12.2. The van der Waals surface area contributed by atoms with Crippen LogP contribution in [0.2, 0.25) is 0 Å². The molecule has 0 amide bonds. The smallest absolute Gasteiger partial charge is 0.168 e. The quantitative estimate of drug-likeness (QED) is 0.901. The van der Waals surface area contributed by atoms with Gasteiger partial charge in [0.15, 0.2) is 11.6 Å². The predicted molar refractivity (Wildman–Crippen MR) is 83.6 cm³/mol. The minimum atomic E-state index is -0.220. The van der Waals surface area contributed by atoms with E-state index in [-0.39, 0.29) is 5.82 Å². The molecule has 2 nitrogen and oxygen atoms in total. The molecule has 0 saturated carbocycles. The van der Waals surface area contributed by atoms with Crippen molar-refractivity contribution in [2.24, 2.45) is 0 Å². The highest BCUT2D eigenvalue weighted by atomic mass is 19.1. The molecule has 1 atom stereocenters. The van der Waals surface area contributed by atoms with Gasteiger partial charge in [-0.15, -0.1) is 0 Å². The highest BCUT2D eigenvalue weighted by molar-refractivity contribution is 5.54. The first kappa shape index (κ1) is 13.9. The lowest BCUT2D eigenvalue weighted by Gasteiger charge is -2.26. The van der Waals surface area contributed by atoms with E-state index in [9.17, 15) is 4.39 Å². The van der Waals surface area contributed by atoms with Crippen molar-refractivity contribution >= 4 is 5.69 Å². The first-order valence-electron chi connectivity index (χ1n) is 7.44. The molecule has 1 N–H and O–H groups in total. The van der Waals surface area contributed by atoms with Crippen molar-refractivity contribution in [1.82, 2.24) is 0 Å². The molecule has 2 aromatic rings. The number of benzene rings is 2. The van der Waals surface area contributed by atoms with Gasteiger partial charge in [-0.1, -0.05) is 30.3 Å². The summed E-state index contributed by atoms with van der Waals surface area (Å²) in [4.78, 5) is 0. The lowest BCUT2D eigenvalue weighted by Crippen LogP contribution is -2.17. The predicted octanol–water partition coefficient (Wildman–Crippen LogP) is 4.37. The Morgan fingerprint density at radius 1 is 1.19 bits per heavy atom. The van der Waals surface area contributed by atoms with Crippen LogP contribution in [0.15, 0.2) is 42.5 Å². The van der Waals surface area contributed by atoms with Gasteiger partial charge in [-0.3, -0.25) is 0 Å². The summed E-state index contributed by atoms with van der Waals surface area (Å²) in [5.41, 5.74) is 3.32. The van der Waals surface area contributed by atoms with E-state index in [0.29, 0.717) is 11.7 Å². The van der Waals surface area contributed by atoms with E-state index in [2.05, 4.69) is 29.6 Å². The largest absolute Gasteiger partial charge is 0.494 e. The Labute approximate surface area is 125 Å². The monoisotopic (exact) mass is 285 g/mol. The molecule has 2 aromatic carbocycles. The van der Waals surface area contributed by atoms with Crippen LogP contribution in [0.5, 0.6) is 5.75 Å². The van der Waals surface area contributed by atoms with Gasteiger partial charge < -0.3 is 10.1 Å². The molecule has 21 heavy (non-hydrogen) atoms. The summed E-state index contributed by atoms with van der Waals surface area (Å²) in [5, 5.41) is 3.43. The van der Waals surface area contributed by atoms with Crippen molar-refractivity contribution in [1.29, 1.82) is 0 Å². The van der Waals surface area contributed by atoms with Crippen LogP contribution in [0.3, 0.4) is 0 Å². The molecule has 0 fully saturated rings. The number of para-hydroxylation sites is 1. The Bertz CT molecular complexity index is 626. The van der Waals surface area contributed by atoms with Crippen molar-refractivity contribution < 1.29 is 9.13 Å². The molecule has 1 aliphatic heterocycles. The van der Waals surface area contributed by atoms with Gasteiger partial charge >= 0.3 is 0 Å². The van der Waals surface area contributed by atoms with Crippen LogP contribution in [0.1, 0.15) is 29.9 Å². The zero-order valence-electron chi connectivity index (χ0n) is 12.2. The summed E-state index contributed by atoms with van der Waals surface area (Å²) in [6.45, 7) is 0.988. The van der Waals surface area contributed by atoms with Gasteiger partial charge in [0.1, 0.15) is 0 Å². The minimum absolute atomic E-state index is 0.220. The van der Waals surface area contributed by atoms with Crippen LogP contribution >= 0.6 is 0 Å². The molecule has 0 radical (unpaired) electrons. The molecule has 3 rings (SSSR count). The number of rotatable bonds is 4. The molecule has 1 aliphatic rings. The summed E-state index contributed by atoms with van der Waals surface area (Å²) in [6.07, 6.45) is 2.80. The Morgan fingerprint density at radius 3 is 2.90 bits per heavy atom. The highest BCUT2D eigenvalue weighted by Gasteiger charge is 2.20. The summed E-state index contributed by atoms with van der Waals surface area (Å²) in [7, 11) is 1.51. The van der Waals surface area contributed by atoms with Gasteiger partial charge in [0.25, 0.3) is 0 Å². The van der Waals surface area contributed by atoms with Crippen molar-refractivity contribution in [2.45, 2.75) is 25.2 Å². The van der Waals surface area contributed by atoms with E-state index in [0.717, 1.165) is 31.4 Å². The fraction of sp³-hybridized carbons (Fsp3) is 0.333. The van der Waals surface area contributed by atoms with Crippen LogP contribution < -0.4 is 10.1 Å². The van der Waals surface area contributed by atoms with Crippen LogP contribution in [0.25, 0.3) is 0 Å². The van der Waals surface area contributed by atoms with Gasteiger partial charge in [0.05, 0.1) is 7.11 Å². The third-order valence-electron chi connectivity index (χ3n) is 4.23. The molecule has 110 valence electrons. The second-order valence-corrected chi connectivity index (χ2v) is 5.47. The first-order valence-corrected chi connectivity index (χ1v) is 7.44. The SMILES string of the molecule is COc1cccc(CCC2CCNc3ccccc32)c1F. The topological polar surface area (TPSA) is 21.3 Å². The second-order valence-electron chi connectivity index (χ2n) is 5.47. The summed E-state index contributed by atoms with van der Waals surface area (Å²) < 4.78 is 19.2.